The van der Waals surface area contributed by atoms with E-state index in [4.69, 9.17) is 4.98 Å². The summed E-state index contributed by atoms with van der Waals surface area (Å²) in [4.78, 5) is 25.8. The molecule has 1 atom stereocenters. The molecule has 32 heavy (non-hydrogen) atoms. The minimum atomic E-state index is -0.245. The molecule has 4 heterocycles. The summed E-state index contributed by atoms with van der Waals surface area (Å²) < 4.78 is 14.9. The number of nitrogens with one attached hydrogen (secondary N) is 1. The predicted molar refractivity (Wildman–Crippen MR) is 126 cm³/mol. The van der Waals surface area contributed by atoms with Gasteiger partial charge in [0.15, 0.2) is 5.82 Å². The van der Waals surface area contributed by atoms with Crippen molar-refractivity contribution < 1.29 is 9.18 Å². The van der Waals surface area contributed by atoms with E-state index in [-0.39, 0.29) is 31.3 Å². The number of hydrogen-bond donors (Lipinski definition) is 1. The Morgan fingerprint density at radius 2 is 1.97 bits per heavy atom. The fraction of sp³-hybridized carbons (Fsp3) is 0.364. The highest BCUT2D eigenvalue weighted by Crippen LogP contribution is 2.40. The van der Waals surface area contributed by atoms with Gasteiger partial charge in [0.1, 0.15) is 17.5 Å². The van der Waals surface area contributed by atoms with Gasteiger partial charge in [0.25, 0.3) is 0 Å². The van der Waals surface area contributed by atoms with Gasteiger partial charge in [0.2, 0.25) is 11.9 Å². The lowest BCUT2D eigenvalue weighted by Crippen LogP contribution is -2.49. The van der Waals surface area contributed by atoms with Gasteiger partial charge in [-0.3, -0.25) is 9.48 Å². The summed E-state index contributed by atoms with van der Waals surface area (Å²) in [5, 5.41) is 7.67. The molecule has 1 fully saturated rings. The smallest absolute Gasteiger partial charge is 0.249 e. The predicted octanol–water partition coefficient (Wildman–Crippen LogP) is 2.84. The van der Waals surface area contributed by atoms with Gasteiger partial charge in [0, 0.05) is 31.9 Å². The fourth-order valence-corrected chi connectivity index (χ4v) is 4.38. The lowest BCUT2D eigenvalue weighted by Gasteiger charge is -2.37. The third-order valence-corrected chi connectivity index (χ3v) is 5.91. The van der Waals surface area contributed by atoms with Gasteiger partial charge < -0.3 is 15.1 Å². The van der Waals surface area contributed by atoms with E-state index in [1.54, 1.807) is 30.3 Å². The van der Waals surface area contributed by atoms with E-state index in [0.717, 1.165) is 47.7 Å². The second kappa shape index (κ2) is 8.78. The van der Waals surface area contributed by atoms with Gasteiger partial charge >= 0.3 is 0 Å². The molecule has 0 aliphatic carbocycles. The van der Waals surface area contributed by atoms with Gasteiger partial charge in [-0.05, 0) is 37.5 Å². The van der Waals surface area contributed by atoms with Crippen molar-refractivity contribution in [2.75, 3.05) is 28.7 Å². The Balaban J connectivity index is 0.00000245. The normalized spacial score (nSPS) is 17.1. The first kappa shape index (κ1) is 22.1. The molecular formula is C22H26FN7OS. The van der Waals surface area contributed by atoms with Gasteiger partial charge in [0.05, 0.1) is 18.4 Å². The highest BCUT2D eigenvalue weighted by atomic mass is 32.1. The Morgan fingerprint density at radius 1 is 1.19 bits per heavy atom. The number of fused-ring (bicyclic) bond motifs is 3. The van der Waals surface area contributed by atoms with Crippen molar-refractivity contribution in [3.8, 4) is 0 Å². The zero-order valence-electron chi connectivity index (χ0n) is 18.0. The van der Waals surface area contributed by atoms with E-state index < -0.39 is 0 Å². The Morgan fingerprint density at radius 3 is 2.75 bits per heavy atom. The number of hydrogen-bond acceptors (Lipinski definition) is 6. The Labute approximate surface area is 192 Å². The third kappa shape index (κ3) is 4.02. The van der Waals surface area contributed by atoms with Crippen molar-refractivity contribution in [1.82, 2.24) is 19.7 Å². The van der Waals surface area contributed by atoms with Crippen molar-refractivity contribution in [3.05, 3.63) is 59.3 Å². The SMILES string of the molecule is Cc1nc(NCc2cnn(Cc3ccc(F)cc3)c2)nc2c1N(C)C(=O)[C@@H]1CCCN21.S. The molecule has 0 unspecified atom stereocenters. The molecule has 3 aromatic rings. The largest absolute Gasteiger partial charge is 0.350 e. The van der Waals surface area contributed by atoms with Crippen LogP contribution in [0, 0.1) is 12.7 Å². The molecule has 1 aromatic carbocycles. The fourth-order valence-electron chi connectivity index (χ4n) is 4.38. The topological polar surface area (TPSA) is 79.2 Å². The summed E-state index contributed by atoms with van der Waals surface area (Å²) in [6, 6.07) is 6.29. The zero-order chi connectivity index (χ0) is 21.5. The average Bonchev–Trinajstić information content (AvgIpc) is 3.42. The van der Waals surface area contributed by atoms with E-state index in [2.05, 4.69) is 20.3 Å². The van der Waals surface area contributed by atoms with Crippen LogP contribution < -0.4 is 15.1 Å². The van der Waals surface area contributed by atoms with Crippen molar-refractivity contribution in [3.63, 3.8) is 0 Å². The standard InChI is InChI=1S/C22H24FN7O.H2S/c1-14-19-20(30-9-3-4-18(30)21(31)28(19)2)27-22(26-14)24-10-16-11-25-29(13-16)12-15-5-7-17(23)8-6-15;/h5-8,11,13,18H,3-4,9-10,12H2,1-2H3,(H,24,26,27);1H2/t18-;/m0./s1. The molecule has 8 nitrogen and oxygen atoms in total. The molecule has 0 radical (unpaired) electrons. The summed E-state index contributed by atoms with van der Waals surface area (Å²) in [7, 11) is 1.80. The zero-order valence-corrected chi connectivity index (χ0v) is 19.0. The second-order valence-electron chi connectivity index (χ2n) is 8.08. The number of amides is 1. The monoisotopic (exact) mass is 455 g/mol. The van der Waals surface area contributed by atoms with E-state index in [1.165, 1.54) is 12.1 Å². The molecule has 1 N–H and O–H groups in total. The number of halogens is 1. The first-order valence-electron chi connectivity index (χ1n) is 10.4. The number of carbonyl (C=O) groups is 1. The maximum Gasteiger partial charge on any atom is 0.249 e. The second-order valence-corrected chi connectivity index (χ2v) is 8.08. The number of aromatic nitrogens is 4. The van der Waals surface area contributed by atoms with Crippen LogP contribution in [0.5, 0.6) is 0 Å². The highest BCUT2D eigenvalue weighted by molar-refractivity contribution is 7.59. The molecule has 2 aliphatic heterocycles. The van der Waals surface area contributed by atoms with Crippen LogP contribution in [0.1, 0.15) is 29.7 Å². The molecular weight excluding hydrogens is 429 g/mol. The van der Waals surface area contributed by atoms with Crippen molar-refractivity contribution in [2.24, 2.45) is 0 Å². The summed E-state index contributed by atoms with van der Waals surface area (Å²) >= 11 is 0. The molecule has 168 valence electrons. The molecule has 1 amide bonds. The maximum absolute atomic E-state index is 13.1. The highest BCUT2D eigenvalue weighted by Gasteiger charge is 2.41. The number of nitrogens with zero attached hydrogens (tertiary/aromatic N) is 6. The lowest BCUT2D eigenvalue weighted by molar-refractivity contribution is -0.119. The van der Waals surface area contributed by atoms with Crippen LogP contribution in [0.2, 0.25) is 0 Å². The summed E-state index contributed by atoms with van der Waals surface area (Å²) in [6.45, 7) is 3.85. The minimum absolute atomic E-state index is 0. The number of anilines is 3. The van der Waals surface area contributed by atoms with E-state index in [9.17, 15) is 9.18 Å². The molecule has 1 saturated heterocycles. The maximum atomic E-state index is 13.1. The summed E-state index contributed by atoms with van der Waals surface area (Å²) in [5.41, 5.74) is 3.55. The number of carbonyl (C=O) groups excluding carboxylic acids is 1. The van der Waals surface area contributed by atoms with Crippen molar-refractivity contribution in [2.45, 2.75) is 38.9 Å². The minimum Gasteiger partial charge on any atom is -0.350 e. The molecule has 0 spiro atoms. The molecule has 2 aliphatic rings. The van der Waals surface area contributed by atoms with E-state index >= 15 is 0 Å². The van der Waals surface area contributed by atoms with Crippen LogP contribution in [0.3, 0.4) is 0 Å². The van der Waals surface area contributed by atoms with Crippen LogP contribution in [0.25, 0.3) is 0 Å². The van der Waals surface area contributed by atoms with Gasteiger partial charge in [-0.15, -0.1) is 0 Å². The molecule has 0 saturated carbocycles. The first-order valence-corrected chi connectivity index (χ1v) is 10.4. The van der Waals surface area contributed by atoms with Crippen molar-refractivity contribution in [1.29, 1.82) is 0 Å². The molecule has 5 rings (SSSR count). The van der Waals surface area contributed by atoms with E-state index in [1.807, 2.05) is 17.8 Å². The first-order chi connectivity index (χ1) is 15.0. The third-order valence-electron chi connectivity index (χ3n) is 5.91. The number of rotatable bonds is 5. The van der Waals surface area contributed by atoms with Crippen LogP contribution in [0.15, 0.2) is 36.7 Å². The number of benzene rings is 1. The molecule has 10 heteroatoms. The summed E-state index contributed by atoms with van der Waals surface area (Å²) in [6.07, 6.45) is 5.60. The Kier molecular flexibility index (Phi) is 6.05. The van der Waals surface area contributed by atoms with Crippen LogP contribution in [-0.2, 0) is 17.9 Å². The van der Waals surface area contributed by atoms with E-state index in [0.29, 0.717) is 19.0 Å². The lowest BCUT2D eigenvalue weighted by atomic mass is 10.1. The molecule has 2 aromatic heterocycles. The average molecular weight is 456 g/mol. The number of likely N-dealkylation sites (N-methyl/N-ethyl adjacent to an activating group) is 1. The van der Waals surface area contributed by atoms with Gasteiger partial charge in [-0.1, -0.05) is 12.1 Å². The molecule has 0 bridgehead atoms. The summed E-state index contributed by atoms with van der Waals surface area (Å²) in [5.74, 6) is 1.23. The van der Waals surface area contributed by atoms with Crippen LogP contribution in [0.4, 0.5) is 21.8 Å². The van der Waals surface area contributed by atoms with Gasteiger partial charge in [-0.2, -0.15) is 23.6 Å². The quantitative estimate of drug-likeness (QED) is 0.637. The number of aryl methyl sites for hydroxylation is 1. The van der Waals surface area contributed by atoms with Crippen LogP contribution in [-0.4, -0.2) is 45.3 Å². The Hall–Kier alpha value is -3.14. The van der Waals surface area contributed by atoms with Gasteiger partial charge in [-0.25, -0.2) is 9.37 Å². The van der Waals surface area contributed by atoms with Crippen molar-refractivity contribution >= 4 is 36.9 Å². The van der Waals surface area contributed by atoms with Crippen LogP contribution >= 0.6 is 13.5 Å². The Bertz CT molecular complexity index is 1130.